The molecule has 0 N–H and O–H groups in total. The number of nitrogens with zero attached hydrogens (tertiary/aromatic N) is 7. The summed E-state index contributed by atoms with van der Waals surface area (Å²) in [5, 5.41) is 7.69. The number of hydrogen-bond donors (Lipinski definition) is 0. The second-order valence-electron chi connectivity index (χ2n) is 3.49. The summed E-state index contributed by atoms with van der Waals surface area (Å²) in [5.74, 6) is 0. The van der Waals surface area contributed by atoms with Crippen LogP contribution in [0.2, 0.25) is 0 Å². The Morgan fingerprint density at radius 2 is 1.70 bits per heavy atom. The summed E-state index contributed by atoms with van der Waals surface area (Å²) in [7, 11) is 2.84. The number of methoxy groups -OCH3 is 2. The Balaban J connectivity index is 1.98. The Kier molecular flexibility index (Phi) is 2.95. The lowest BCUT2D eigenvalue weighted by Crippen LogP contribution is -2.11. The fourth-order valence-electron chi connectivity index (χ4n) is 1.43. The molecule has 3 aromatic rings. The van der Waals surface area contributed by atoms with Gasteiger partial charge in [0.15, 0.2) is 0 Å². The molecule has 0 aliphatic carbocycles. The third-order valence-corrected chi connectivity index (χ3v) is 2.29. The molecule has 0 radical (unpaired) electrons. The van der Waals surface area contributed by atoms with Crippen LogP contribution in [0.15, 0.2) is 18.3 Å². The third-order valence-electron chi connectivity index (χ3n) is 2.29. The minimum absolute atomic E-state index is 0.0499. The summed E-state index contributed by atoms with van der Waals surface area (Å²) in [6.07, 6.45) is 1.60. The fraction of sp³-hybridized carbons (Fsp3) is 0.200. The maximum Gasteiger partial charge on any atom is 0.355 e. The first kappa shape index (κ1) is 12.0. The fourth-order valence-corrected chi connectivity index (χ4v) is 1.43. The quantitative estimate of drug-likeness (QED) is 0.642. The summed E-state index contributed by atoms with van der Waals surface area (Å²) in [5.41, 5.74) is 1.02. The molecule has 0 saturated carbocycles. The van der Waals surface area contributed by atoms with Crippen LogP contribution in [0.1, 0.15) is 0 Å². The molecule has 0 aliphatic rings. The highest BCUT2D eigenvalue weighted by atomic mass is 16.7. The highest BCUT2D eigenvalue weighted by Gasteiger charge is 2.12. The van der Waals surface area contributed by atoms with E-state index >= 15 is 0 Å². The lowest BCUT2D eigenvalue weighted by atomic mass is 10.4. The molecule has 0 amide bonds. The van der Waals surface area contributed by atoms with Crippen LogP contribution < -0.4 is 14.3 Å². The standard InChI is InChI=1S/C10H9N7O3/c1-18-8-12-9(19-2)14-10(13-8)20-17-7-6(15-16-17)4-3-5-11-7/h3-5H,1-2H3. The van der Waals surface area contributed by atoms with Gasteiger partial charge in [0.25, 0.3) is 0 Å². The van der Waals surface area contributed by atoms with Crippen LogP contribution in [-0.2, 0) is 0 Å². The minimum atomic E-state index is -0.0499. The van der Waals surface area contributed by atoms with Gasteiger partial charge in [-0.2, -0.15) is 0 Å². The number of ether oxygens (including phenoxy) is 2. The zero-order valence-electron chi connectivity index (χ0n) is 10.6. The Hall–Kier alpha value is -3.04. The van der Waals surface area contributed by atoms with E-state index in [-0.39, 0.29) is 18.0 Å². The van der Waals surface area contributed by atoms with Crippen LogP contribution in [-0.4, -0.2) is 49.3 Å². The second-order valence-corrected chi connectivity index (χ2v) is 3.49. The molecular formula is C10H9N7O3. The predicted molar refractivity (Wildman–Crippen MR) is 64.3 cm³/mol. The SMILES string of the molecule is COc1nc(OC)nc(On2nnc3cccnc32)n1. The molecule has 0 saturated heterocycles. The molecule has 0 spiro atoms. The average molecular weight is 275 g/mol. The van der Waals surface area contributed by atoms with E-state index in [1.807, 2.05) is 0 Å². The van der Waals surface area contributed by atoms with Gasteiger partial charge in [0.2, 0.25) is 5.65 Å². The van der Waals surface area contributed by atoms with Gasteiger partial charge in [-0.15, -0.1) is 20.1 Å². The highest BCUT2D eigenvalue weighted by molar-refractivity contribution is 5.68. The first-order chi connectivity index (χ1) is 9.80. The van der Waals surface area contributed by atoms with Crippen LogP contribution in [0, 0.1) is 0 Å². The molecule has 3 rings (SSSR count). The number of pyridine rings is 1. The number of fused-ring (bicyclic) bond motifs is 1. The molecule has 0 atom stereocenters. The zero-order valence-corrected chi connectivity index (χ0v) is 10.6. The van der Waals surface area contributed by atoms with Crippen molar-refractivity contribution >= 4 is 11.2 Å². The number of hydrogen-bond acceptors (Lipinski definition) is 9. The van der Waals surface area contributed by atoms with Crippen molar-refractivity contribution in [3.05, 3.63) is 18.3 Å². The van der Waals surface area contributed by atoms with Gasteiger partial charge >= 0.3 is 18.0 Å². The molecule has 0 bridgehead atoms. The van der Waals surface area contributed by atoms with E-state index in [0.717, 1.165) is 4.85 Å². The Labute approximate surface area is 112 Å². The minimum Gasteiger partial charge on any atom is -0.467 e. The predicted octanol–water partition coefficient (Wildman–Crippen LogP) is -0.129. The van der Waals surface area contributed by atoms with E-state index in [0.29, 0.717) is 11.2 Å². The van der Waals surface area contributed by atoms with E-state index in [1.54, 1.807) is 18.3 Å². The molecule has 0 fully saturated rings. The van der Waals surface area contributed by atoms with Gasteiger partial charge in [0, 0.05) is 6.20 Å². The molecule has 10 nitrogen and oxygen atoms in total. The van der Waals surface area contributed by atoms with Crippen molar-refractivity contribution in [2.45, 2.75) is 0 Å². The van der Waals surface area contributed by atoms with Crippen molar-refractivity contribution in [1.29, 1.82) is 0 Å². The van der Waals surface area contributed by atoms with Crippen molar-refractivity contribution in [3.8, 4) is 18.0 Å². The maximum atomic E-state index is 5.37. The lowest BCUT2D eigenvalue weighted by Gasteiger charge is -2.05. The van der Waals surface area contributed by atoms with E-state index in [1.165, 1.54) is 14.2 Å². The topological polar surface area (TPSA) is 110 Å². The Morgan fingerprint density at radius 3 is 2.40 bits per heavy atom. The van der Waals surface area contributed by atoms with E-state index < -0.39 is 0 Å². The molecule has 10 heteroatoms. The Bertz CT molecular complexity index is 722. The van der Waals surface area contributed by atoms with Gasteiger partial charge in [0.1, 0.15) is 5.52 Å². The molecule has 0 aromatic carbocycles. The van der Waals surface area contributed by atoms with Gasteiger partial charge in [-0.1, -0.05) is 0 Å². The number of rotatable bonds is 4. The summed E-state index contributed by atoms with van der Waals surface area (Å²) >= 11 is 0. The van der Waals surface area contributed by atoms with Crippen molar-refractivity contribution in [2.24, 2.45) is 0 Å². The molecule has 3 aromatic heterocycles. The Morgan fingerprint density at radius 1 is 1.00 bits per heavy atom. The van der Waals surface area contributed by atoms with Crippen LogP contribution in [0.4, 0.5) is 0 Å². The first-order valence-electron chi connectivity index (χ1n) is 5.49. The monoisotopic (exact) mass is 275 g/mol. The van der Waals surface area contributed by atoms with Gasteiger partial charge in [0.05, 0.1) is 14.2 Å². The van der Waals surface area contributed by atoms with Gasteiger partial charge in [-0.3, -0.25) is 0 Å². The molecule has 0 unspecified atom stereocenters. The molecule has 20 heavy (non-hydrogen) atoms. The summed E-state index contributed by atoms with van der Waals surface area (Å²) in [4.78, 5) is 22.3. The lowest BCUT2D eigenvalue weighted by molar-refractivity contribution is 0.158. The van der Waals surface area contributed by atoms with E-state index in [9.17, 15) is 0 Å². The normalized spacial score (nSPS) is 10.5. The molecule has 0 aliphatic heterocycles. The van der Waals surface area contributed by atoms with Gasteiger partial charge in [-0.05, 0) is 22.2 Å². The largest absolute Gasteiger partial charge is 0.467 e. The average Bonchev–Trinajstić information content (AvgIpc) is 2.90. The highest BCUT2D eigenvalue weighted by Crippen LogP contribution is 2.15. The van der Waals surface area contributed by atoms with Crippen molar-refractivity contribution in [1.82, 2.24) is 35.1 Å². The molecular weight excluding hydrogens is 266 g/mol. The maximum absolute atomic E-state index is 5.37. The zero-order chi connectivity index (χ0) is 13.9. The van der Waals surface area contributed by atoms with E-state index in [4.69, 9.17) is 14.3 Å². The smallest absolute Gasteiger partial charge is 0.355 e. The first-order valence-corrected chi connectivity index (χ1v) is 5.49. The van der Waals surface area contributed by atoms with Crippen LogP contribution >= 0.6 is 0 Å². The number of aromatic nitrogens is 7. The second kappa shape index (κ2) is 4.91. The third kappa shape index (κ3) is 2.13. The molecule has 102 valence electrons. The van der Waals surface area contributed by atoms with Crippen LogP contribution in [0.5, 0.6) is 18.0 Å². The van der Waals surface area contributed by atoms with Crippen molar-refractivity contribution < 1.29 is 14.3 Å². The van der Waals surface area contributed by atoms with Crippen LogP contribution in [0.3, 0.4) is 0 Å². The summed E-state index contributed by atoms with van der Waals surface area (Å²) in [6, 6.07) is 3.57. The molecule has 3 heterocycles. The van der Waals surface area contributed by atoms with E-state index in [2.05, 4.69) is 30.2 Å². The van der Waals surface area contributed by atoms with Crippen molar-refractivity contribution in [2.75, 3.05) is 14.2 Å². The van der Waals surface area contributed by atoms with Crippen LogP contribution in [0.25, 0.3) is 11.2 Å². The van der Waals surface area contributed by atoms with Crippen molar-refractivity contribution in [3.63, 3.8) is 0 Å². The van der Waals surface area contributed by atoms with Gasteiger partial charge < -0.3 is 14.3 Å². The summed E-state index contributed by atoms with van der Waals surface area (Å²) < 4.78 is 9.84. The van der Waals surface area contributed by atoms with Gasteiger partial charge in [-0.25, -0.2) is 4.98 Å². The summed E-state index contributed by atoms with van der Waals surface area (Å²) in [6.45, 7) is 0.